The number of ether oxygens (including phenoxy) is 6. The van der Waals surface area contributed by atoms with Gasteiger partial charge >= 0.3 is 0 Å². The summed E-state index contributed by atoms with van der Waals surface area (Å²) in [4.78, 5) is 15.6. The maximum atomic E-state index is 13.7. The van der Waals surface area contributed by atoms with Gasteiger partial charge in [0.2, 0.25) is 0 Å². The molecule has 8 nitrogen and oxygen atoms in total. The molecule has 1 atom stereocenters. The summed E-state index contributed by atoms with van der Waals surface area (Å²) in [6, 6.07) is 12.2. The third-order valence-electron chi connectivity index (χ3n) is 6.52. The molecule has 1 unspecified atom stereocenters. The highest BCUT2D eigenvalue weighted by atomic mass is 16.6. The number of carbonyl (C=O) groups is 1. The van der Waals surface area contributed by atoms with E-state index in [9.17, 15) is 4.79 Å². The number of benzene rings is 2. The van der Waals surface area contributed by atoms with Gasteiger partial charge in [0.1, 0.15) is 0 Å². The molecular weight excluding hydrogens is 462 g/mol. The minimum atomic E-state index is -0.655. The monoisotopic (exact) mass is 499 g/mol. The van der Waals surface area contributed by atoms with E-state index in [-0.39, 0.29) is 5.91 Å². The van der Waals surface area contributed by atoms with E-state index < -0.39 is 5.54 Å². The summed E-state index contributed by atoms with van der Waals surface area (Å²) in [5.74, 6) is -0.00927. The Labute approximate surface area is 213 Å². The zero-order valence-electron chi connectivity index (χ0n) is 21.0. The molecule has 0 spiro atoms. The molecule has 2 heterocycles. The lowest BCUT2D eigenvalue weighted by Crippen LogP contribution is -2.48. The van der Waals surface area contributed by atoms with Crippen LogP contribution < -0.4 is 0 Å². The van der Waals surface area contributed by atoms with Crippen molar-refractivity contribution in [1.29, 1.82) is 0 Å². The molecule has 1 fully saturated rings. The van der Waals surface area contributed by atoms with Crippen LogP contribution in [0, 0.1) is 0 Å². The number of carbonyl (C=O) groups excluding carboxylic acids is 1. The fraction of sp³-hybridized carbons (Fsp3) is 0.536. The molecule has 2 aromatic carbocycles. The number of fused-ring (bicyclic) bond motifs is 4. The third-order valence-corrected chi connectivity index (χ3v) is 6.52. The van der Waals surface area contributed by atoms with Crippen molar-refractivity contribution in [3.8, 4) is 0 Å². The normalized spacial score (nSPS) is 24.0. The van der Waals surface area contributed by atoms with Gasteiger partial charge in [-0.05, 0) is 34.9 Å². The van der Waals surface area contributed by atoms with Crippen LogP contribution >= 0.6 is 0 Å². The van der Waals surface area contributed by atoms with Crippen LogP contribution in [-0.4, -0.2) is 96.6 Å². The fourth-order valence-electron chi connectivity index (χ4n) is 4.77. The lowest BCUT2D eigenvalue weighted by Gasteiger charge is -2.38. The minimum Gasteiger partial charge on any atom is -0.377 e. The van der Waals surface area contributed by atoms with E-state index in [2.05, 4.69) is 18.7 Å². The first-order valence-electron chi connectivity index (χ1n) is 12.7. The van der Waals surface area contributed by atoms with Crippen molar-refractivity contribution in [1.82, 2.24) is 4.90 Å². The van der Waals surface area contributed by atoms with Crippen LogP contribution in [0.4, 0.5) is 0 Å². The first-order valence-corrected chi connectivity index (χ1v) is 12.7. The van der Waals surface area contributed by atoms with Crippen LogP contribution in [0.3, 0.4) is 0 Å². The molecule has 2 aliphatic rings. The Hall–Kier alpha value is -2.33. The number of amides is 1. The highest BCUT2D eigenvalue weighted by molar-refractivity contribution is 6.04. The predicted molar refractivity (Wildman–Crippen MR) is 136 cm³/mol. The molecule has 0 saturated carbocycles. The molecule has 0 aromatic heterocycles. The van der Waals surface area contributed by atoms with Gasteiger partial charge in [-0.3, -0.25) is 4.79 Å². The van der Waals surface area contributed by atoms with Gasteiger partial charge in [0.25, 0.3) is 5.91 Å². The molecule has 1 amide bonds. The second kappa shape index (κ2) is 13.8. The summed E-state index contributed by atoms with van der Waals surface area (Å²) >= 11 is 0. The van der Waals surface area contributed by atoms with Crippen molar-refractivity contribution in [2.24, 2.45) is 0 Å². The Morgan fingerprint density at radius 1 is 0.750 bits per heavy atom. The molecule has 1 saturated heterocycles. The van der Waals surface area contributed by atoms with E-state index in [1.165, 1.54) is 0 Å². The maximum Gasteiger partial charge on any atom is 0.255 e. The number of nitrogens with zero attached hydrogens (tertiary/aromatic N) is 1. The van der Waals surface area contributed by atoms with Gasteiger partial charge in [-0.2, -0.15) is 0 Å². The lowest BCUT2D eigenvalue weighted by molar-refractivity contribution is -0.0313. The van der Waals surface area contributed by atoms with Gasteiger partial charge in [-0.25, -0.2) is 0 Å². The van der Waals surface area contributed by atoms with Gasteiger partial charge in [-0.1, -0.05) is 30.3 Å². The average Bonchev–Trinajstić information content (AvgIpc) is 3.10. The van der Waals surface area contributed by atoms with Crippen molar-refractivity contribution in [3.63, 3.8) is 0 Å². The molecule has 196 valence electrons. The van der Waals surface area contributed by atoms with Crippen molar-refractivity contribution in [2.45, 2.75) is 12.0 Å². The molecule has 36 heavy (non-hydrogen) atoms. The predicted octanol–water partition coefficient (Wildman–Crippen LogP) is 3.18. The quantitative estimate of drug-likeness (QED) is 0.588. The van der Waals surface area contributed by atoms with Crippen molar-refractivity contribution in [2.75, 3.05) is 85.8 Å². The second-order valence-corrected chi connectivity index (χ2v) is 8.84. The Morgan fingerprint density at radius 2 is 1.25 bits per heavy atom. The Kier molecular flexibility index (Phi) is 10.3. The van der Waals surface area contributed by atoms with E-state index in [0.717, 1.165) is 16.3 Å². The molecule has 0 N–H and O–H groups in total. The number of hydrogen-bond donors (Lipinski definition) is 0. The molecule has 0 aliphatic carbocycles. The summed E-state index contributed by atoms with van der Waals surface area (Å²) < 4.78 is 34.2. The molecule has 2 aliphatic heterocycles. The van der Waals surface area contributed by atoms with Gasteiger partial charge in [0, 0.05) is 12.1 Å². The lowest BCUT2D eigenvalue weighted by atomic mass is 9.85. The van der Waals surface area contributed by atoms with Crippen molar-refractivity contribution >= 4 is 16.7 Å². The van der Waals surface area contributed by atoms with E-state index in [1.54, 1.807) is 0 Å². The highest BCUT2D eigenvalue weighted by Gasteiger charge is 2.49. The standard InChI is InChI=1S/C28H37NO7/c1-2-7-28-22-36-19-18-35-17-16-34-15-14-33-13-12-32-11-10-31-9-8-29(28)27(30)25-20-23-5-3-4-6-24(23)21-26(25)28/h2-6,20-21H,1,7-19,22H2. The second-order valence-electron chi connectivity index (χ2n) is 8.84. The summed E-state index contributed by atoms with van der Waals surface area (Å²) in [7, 11) is 0. The molecular formula is C28H37NO7. The Bertz CT molecular complexity index is 997. The van der Waals surface area contributed by atoms with Gasteiger partial charge in [0.15, 0.2) is 0 Å². The average molecular weight is 500 g/mol. The van der Waals surface area contributed by atoms with Crippen LogP contribution in [0.1, 0.15) is 22.3 Å². The number of rotatable bonds is 2. The zero-order valence-corrected chi connectivity index (χ0v) is 21.0. The first-order chi connectivity index (χ1) is 17.8. The Morgan fingerprint density at radius 3 is 1.81 bits per heavy atom. The van der Waals surface area contributed by atoms with Gasteiger partial charge < -0.3 is 33.3 Å². The number of hydrogen-bond acceptors (Lipinski definition) is 7. The molecule has 0 bridgehead atoms. The summed E-state index contributed by atoms with van der Waals surface area (Å²) in [5.41, 5.74) is 1.03. The largest absolute Gasteiger partial charge is 0.377 e. The molecule has 4 rings (SSSR count). The van der Waals surface area contributed by atoms with Crippen LogP contribution in [-0.2, 0) is 34.0 Å². The third kappa shape index (κ3) is 6.51. The maximum absolute atomic E-state index is 13.7. The molecule has 2 aromatic rings. The summed E-state index contributed by atoms with van der Waals surface area (Å²) in [5, 5.41) is 2.14. The van der Waals surface area contributed by atoms with E-state index in [4.69, 9.17) is 28.4 Å². The van der Waals surface area contributed by atoms with Gasteiger partial charge in [0.05, 0.1) is 84.8 Å². The highest BCUT2D eigenvalue weighted by Crippen LogP contribution is 2.44. The van der Waals surface area contributed by atoms with E-state index in [1.807, 2.05) is 35.2 Å². The van der Waals surface area contributed by atoms with Crippen LogP contribution in [0.25, 0.3) is 10.8 Å². The summed E-state index contributed by atoms with van der Waals surface area (Å²) in [6.45, 7) is 10.0. The van der Waals surface area contributed by atoms with Gasteiger partial charge in [-0.15, -0.1) is 6.58 Å². The minimum absolute atomic E-state index is 0.00927. The van der Waals surface area contributed by atoms with Crippen LogP contribution in [0.2, 0.25) is 0 Å². The van der Waals surface area contributed by atoms with Crippen molar-refractivity contribution in [3.05, 3.63) is 60.2 Å². The van der Waals surface area contributed by atoms with Crippen molar-refractivity contribution < 1.29 is 33.2 Å². The Balaban J connectivity index is 1.53. The topological polar surface area (TPSA) is 75.7 Å². The molecule has 0 radical (unpaired) electrons. The fourth-order valence-corrected chi connectivity index (χ4v) is 4.77. The molecule has 8 heteroatoms. The SMILES string of the molecule is C=CCC12COCCOCCOCCOCCOCCOCCN1C(=O)c1cc3ccccc3cc12. The smallest absolute Gasteiger partial charge is 0.255 e. The summed E-state index contributed by atoms with van der Waals surface area (Å²) in [6.07, 6.45) is 2.43. The van der Waals surface area contributed by atoms with Crippen LogP contribution in [0.15, 0.2) is 49.1 Å². The zero-order chi connectivity index (χ0) is 25.1. The first kappa shape index (κ1) is 26.7. The van der Waals surface area contributed by atoms with E-state index >= 15 is 0 Å². The van der Waals surface area contributed by atoms with Crippen LogP contribution in [0.5, 0.6) is 0 Å². The van der Waals surface area contributed by atoms with E-state index in [0.29, 0.717) is 97.8 Å².